The summed E-state index contributed by atoms with van der Waals surface area (Å²) < 4.78 is 0. The Kier molecular flexibility index (Phi) is 5.66. The van der Waals surface area contributed by atoms with Gasteiger partial charge in [0.25, 0.3) is 0 Å². The van der Waals surface area contributed by atoms with E-state index in [1.54, 1.807) is 24.3 Å². The van der Waals surface area contributed by atoms with Crippen LogP contribution in [0.3, 0.4) is 0 Å². The number of amides is 2. The van der Waals surface area contributed by atoms with Crippen LogP contribution in [0.5, 0.6) is 0 Å². The normalized spacial score (nSPS) is 18.2. The first-order valence-electron chi connectivity index (χ1n) is 9.12. The monoisotopic (exact) mass is 351 g/mol. The number of hydrogen-bond donors (Lipinski definition) is 1. The highest BCUT2D eigenvalue weighted by molar-refractivity contribution is 5.99. The van der Waals surface area contributed by atoms with Crippen LogP contribution < -0.4 is 5.32 Å². The molecule has 1 aliphatic rings. The first-order valence-corrected chi connectivity index (χ1v) is 9.12. The molecule has 2 aromatic rings. The van der Waals surface area contributed by atoms with E-state index < -0.39 is 0 Å². The quantitative estimate of drug-likeness (QED) is 0.834. The molecule has 0 saturated heterocycles. The molecule has 1 saturated carbocycles. The maximum Gasteiger partial charge on any atom is 0.228 e. The number of aryl methyl sites for hydroxylation is 1. The third-order valence-corrected chi connectivity index (χ3v) is 4.94. The number of rotatable bonds is 7. The molecule has 2 atom stereocenters. The highest BCUT2D eigenvalue weighted by Gasteiger charge is 2.48. The van der Waals surface area contributed by atoms with Crippen LogP contribution >= 0.6 is 0 Å². The predicted octanol–water partition coefficient (Wildman–Crippen LogP) is 2.92. The second kappa shape index (κ2) is 8.13. The van der Waals surface area contributed by atoms with Crippen molar-refractivity contribution >= 4 is 17.5 Å². The molecule has 5 heteroatoms. The lowest BCUT2D eigenvalue weighted by Gasteiger charge is -2.17. The highest BCUT2D eigenvalue weighted by atomic mass is 16.2. The molecule has 1 aromatic heterocycles. The minimum Gasteiger partial charge on any atom is -0.345 e. The summed E-state index contributed by atoms with van der Waals surface area (Å²) in [5.41, 5.74) is 3.18. The molecule has 136 valence electrons. The Hall–Kier alpha value is -2.69. The lowest BCUT2D eigenvalue weighted by atomic mass is 10.1. The summed E-state index contributed by atoms with van der Waals surface area (Å²) in [6, 6.07) is 11.8. The molecule has 5 nitrogen and oxygen atoms in total. The third-order valence-electron chi connectivity index (χ3n) is 4.94. The van der Waals surface area contributed by atoms with Crippen molar-refractivity contribution in [2.75, 3.05) is 18.9 Å². The topological polar surface area (TPSA) is 62.3 Å². The molecule has 0 aliphatic heterocycles. The molecule has 0 radical (unpaired) electrons. The number of hydrogen-bond acceptors (Lipinski definition) is 3. The van der Waals surface area contributed by atoms with Gasteiger partial charge in [0.15, 0.2) is 0 Å². The zero-order valence-corrected chi connectivity index (χ0v) is 15.3. The number of nitrogens with zero attached hydrogens (tertiary/aromatic N) is 2. The van der Waals surface area contributed by atoms with Crippen molar-refractivity contribution in [1.29, 1.82) is 0 Å². The Bertz CT molecular complexity index is 759. The number of carbonyl (C=O) groups excluding carboxylic acids is 2. The van der Waals surface area contributed by atoms with Gasteiger partial charge in [-0.3, -0.25) is 14.6 Å². The van der Waals surface area contributed by atoms with Crippen LogP contribution in [0.4, 0.5) is 5.69 Å². The number of anilines is 1. The number of pyridine rings is 1. The van der Waals surface area contributed by atoms with Gasteiger partial charge in [-0.25, -0.2) is 0 Å². The molecule has 3 rings (SSSR count). The van der Waals surface area contributed by atoms with E-state index in [-0.39, 0.29) is 23.7 Å². The highest BCUT2D eigenvalue weighted by Crippen LogP contribution is 2.40. The Balaban J connectivity index is 1.47. The van der Waals surface area contributed by atoms with Crippen molar-refractivity contribution in [2.45, 2.75) is 26.2 Å². The summed E-state index contributed by atoms with van der Waals surface area (Å²) in [5, 5.41) is 2.92. The summed E-state index contributed by atoms with van der Waals surface area (Å²) >= 11 is 0. The van der Waals surface area contributed by atoms with E-state index in [9.17, 15) is 9.59 Å². The Labute approximate surface area is 154 Å². The fourth-order valence-electron chi connectivity index (χ4n) is 3.06. The van der Waals surface area contributed by atoms with Gasteiger partial charge in [-0.2, -0.15) is 0 Å². The summed E-state index contributed by atoms with van der Waals surface area (Å²) in [4.78, 5) is 30.6. The fourth-order valence-corrected chi connectivity index (χ4v) is 3.06. The minimum absolute atomic E-state index is 0.0561. The Morgan fingerprint density at radius 2 is 1.77 bits per heavy atom. The second-order valence-electron chi connectivity index (χ2n) is 6.85. The van der Waals surface area contributed by atoms with Crippen LogP contribution in [-0.2, 0) is 22.4 Å². The smallest absolute Gasteiger partial charge is 0.228 e. The second-order valence-corrected chi connectivity index (χ2v) is 6.85. The van der Waals surface area contributed by atoms with E-state index in [0.29, 0.717) is 13.0 Å². The van der Waals surface area contributed by atoms with Crippen LogP contribution in [0.25, 0.3) is 0 Å². The van der Waals surface area contributed by atoms with Crippen molar-refractivity contribution in [1.82, 2.24) is 9.88 Å². The molecule has 1 fully saturated rings. The van der Waals surface area contributed by atoms with Crippen molar-refractivity contribution in [3.63, 3.8) is 0 Å². The molecule has 1 heterocycles. The van der Waals surface area contributed by atoms with Gasteiger partial charge in [-0.1, -0.05) is 19.1 Å². The molecule has 2 unspecified atom stereocenters. The van der Waals surface area contributed by atoms with E-state index in [1.807, 2.05) is 36.4 Å². The molecule has 1 N–H and O–H groups in total. The van der Waals surface area contributed by atoms with Gasteiger partial charge in [-0.05, 0) is 54.7 Å². The molecular formula is C21H25N3O2. The van der Waals surface area contributed by atoms with Crippen molar-refractivity contribution < 1.29 is 9.59 Å². The van der Waals surface area contributed by atoms with Crippen LogP contribution in [0.1, 0.15) is 24.5 Å². The predicted molar refractivity (Wildman–Crippen MR) is 102 cm³/mol. The van der Waals surface area contributed by atoms with E-state index in [1.165, 1.54) is 5.56 Å². The van der Waals surface area contributed by atoms with Gasteiger partial charge in [0, 0.05) is 31.7 Å². The first kappa shape index (κ1) is 18.1. The summed E-state index contributed by atoms with van der Waals surface area (Å²) in [7, 11) is 1.81. The summed E-state index contributed by atoms with van der Waals surface area (Å²) in [5.74, 6) is -0.403. The number of aromatic nitrogens is 1. The maximum absolute atomic E-state index is 12.5. The largest absolute Gasteiger partial charge is 0.345 e. The molecular weight excluding hydrogens is 326 g/mol. The maximum atomic E-state index is 12.5. The number of likely N-dealkylation sites (N-methyl/N-ethyl adjacent to an activating group) is 1. The van der Waals surface area contributed by atoms with Gasteiger partial charge in [0.05, 0.1) is 11.8 Å². The summed E-state index contributed by atoms with van der Waals surface area (Å²) in [6.07, 6.45) is 5.91. The lowest BCUT2D eigenvalue weighted by molar-refractivity contribution is -0.132. The van der Waals surface area contributed by atoms with Crippen LogP contribution in [0, 0.1) is 11.8 Å². The average molecular weight is 351 g/mol. The Morgan fingerprint density at radius 3 is 2.42 bits per heavy atom. The molecule has 2 amide bonds. The van der Waals surface area contributed by atoms with Crippen LogP contribution in [0.2, 0.25) is 0 Å². The van der Waals surface area contributed by atoms with Gasteiger partial charge in [0.2, 0.25) is 11.8 Å². The first-order chi connectivity index (χ1) is 12.6. The van der Waals surface area contributed by atoms with E-state index in [4.69, 9.17) is 0 Å². The SMILES string of the molecule is CCc1ccc(NC(=O)C2CC2C(=O)N(C)CCc2ccncc2)cc1. The van der Waals surface area contributed by atoms with E-state index in [2.05, 4.69) is 17.2 Å². The minimum atomic E-state index is -0.211. The Morgan fingerprint density at radius 1 is 1.08 bits per heavy atom. The number of benzene rings is 1. The van der Waals surface area contributed by atoms with Crippen molar-refractivity contribution in [3.05, 3.63) is 59.9 Å². The van der Waals surface area contributed by atoms with Gasteiger partial charge in [0.1, 0.15) is 0 Å². The number of nitrogens with one attached hydrogen (secondary N) is 1. The standard InChI is InChI=1S/C21H25N3O2/c1-3-15-4-6-17(7-5-15)23-20(25)18-14-19(18)21(26)24(2)13-10-16-8-11-22-12-9-16/h4-9,11-12,18-19H,3,10,13-14H2,1-2H3,(H,23,25). The van der Waals surface area contributed by atoms with Gasteiger partial charge in [-0.15, -0.1) is 0 Å². The third kappa shape index (κ3) is 4.48. The molecule has 1 aromatic carbocycles. The molecule has 1 aliphatic carbocycles. The molecule has 0 spiro atoms. The lowest BCUT2D eigenvalue weighted by Crippen LogP contribution is -2.31. The van der Waals surface area contributed by atoms with Crippen LogP contribution in [-0.4, -0.2) is 35.3 Å². The van der Waals surface area contributed by atoms with E-state index in [0.717, 1.165) is 24.1 Å². The van der Waals surface area contributed by atoms with E-state index >= 15 is 0 Å². The zero-order chi connectivity index (χ0) is 18.5. The van der Waals surface area contributed by atoms with Gasteiger partial charge < -0.3 is 10.2 Å². The molecule has 26 heavy (non-hydrogen) atoms. The van der Waals surface area contributed by atoms with Crippen molar-refractivity contribution in [2.24, 2.45) is 11.8 Å². The van der Waals surface area contributed by atoms with Crippen LogP contribution in [0.15, 0.2) is 48.8 Å². The average Bonchev–Trinajstić information content (AvgIpc) is 3.48. The fraction of sp³-hybridized carbons (Fsp3) is 0.381. The summed E-state index contributed by atoms with van der Waals surface area (Å²) in [6.45, 7) is 2.74. The zero-order valence-electron chi connectivity index (χ0n) is 15.3. The van der Waals surface area contributed by atoms with Gasteiger partial charge >= 0.3 is 0 Å². The van der Waals surface area contributed by atoms with Crippen molar-refractivity contribution in [3.8, 4) is 0 Å². The molecule has 0 bridgehead atoms. The number of carbonyl (C=O) groups is 2.